The molecule has 0 radical (unpaired) electrons. The van der Waals surface area contributed by atoms with Crippen LogP contribution in [0.2, 0.25) is 5.02 Å². The number of aromatic nitrogens is 2. The van der Waals surface area contributed by atoms with Crippen LogP contribution < -0.4 is 0 Å². The lowest BCUT2D eigenvalue weighted by atomic mass is 10.1. The quantitative estimate of drug-likeness (QED) is 0.492. The zero-order chi connectivity index (χ0) is 14.5. The molecule has 0 unspecified atom stereocenters. The maximum Gasteiger partial charge on any atom is 0.316 e. The zero-order valence-corrected chi connectivity index (χ0v) is 12.7. The van der Waals surface area contributed by atoms with Crippen molar-refractivity contribution in [2.75, 3.05) is 12.9 Å². The molecule has 0 fully saturated rings. The van der Waals surface area contributed by atoms with E-state index in [2.05, 4.69) is 14.7 Å². The number of ether oxygens (including phenoxy) is 1. The predicted octanol–water partition coefficient (Wildman–Crippen LogP) is 3.37. The summed E-state index contributed by atoms with van der Waals surface area (Å²) in [7, 11) is 1.36. The van der Waals surface area contributed by atoms with Crippen LogP contribution in [0.1, 0.15) is 5.69 Å². The number of aryl methyl sites for hydroxylation is 1. The minimum atomic E-state index is -0.298. The molecule has 2 aromatic rings. The standard InChI is InChI=1S/C14H13ClN2O2S/c1-9-7-12(10-3-5-11(15)6-4-10)17-14(16-9)20-8-13(18)19-2/h3-7H,8H2,1-2H3. The van der Waals surface area contributed by atoms with Crippen molar-refractivity contribution in [2.24, 2.45) is 0 Å². The highest BCUT2D eigenvalue weighted by Gasteiger charge is 2.08. The van der Waals surface area contributed by atoms with Crippen molar-refractivity contribution in [2.45, 2.75) is 12.1 Å². The molecule has 0 spiro atoms. The van der Waals surface area contributed by atoms with Gasteiger partial charge in [-0.25, -0.2) is 9.97 Å². The minimum Gasteiger partial charge on any atom is -0.468 e. The number of thioether (sulfide) groups is 1. The molecular weight excluding hydrogens is 296 g/mol. The number of esters is 1. The summed E-state index contributed by atoms with van der Waals surface area (Å²) >= 11 is 7.13. The van der Waals surface area contributed by atoms with E-state index in [-0.39, 0.29) is 11.7 Å². The molecule has 0 saturated heterocycles. The number of carbonyl (C=O) groups excluding carboxylic acids is 1. The highest BCUT2D eigenvalue weighted by Crippen LogP contribution is 2.23. The van der Waals surface area contributed by atoms with Gasteiger partial charge in [-0.05, 0) is 25.1 Å². The SMILES string of the molecule is COC(=O)CSc1nc(C)cc(-c2ccc(Cl)cc2)n1. The predicted molar refractivity (Wildman–Crippen MR) is 80.0 cm³/mol. The van der Waals surface area contributed by atoms with Gasteiger partial charge in [0, 0.05) is 16.3 Å². The van der Waals surface area contributed by atoms with Gasteiger partial charge in [-0.2, -0.15) is 0 Å². The Kier molecular flexibility index (Phi) is 4.98. The van der Waals surface area contributed by atoms with Crippen molar-refractivity contribution in [3.63, 3.8) is 0 Å². The molecule has 2 rings (SSSR count). The second-order valence-corrected chi connectivity index (χ2v) is 5.43. The first-order chi connectivity index (χ1) is 9.58. The van der Waals surface area contributed by atoms with Crippen molar-refractivity contribution < 1.29 is 9.53 Å². The van der Waals surface area contributed by atoms with Crippen LogP contribution in [0.4, 0.5) is 0 Å². The van der Waals surface area contributed by atoms with Crippen LogP contribution in [0.5, 0.6) is 0 Å². The summed E-state index contributed by atoms with van der Waals surface area (Å²) in [6.45, 7) is 1.89. The minimum absolute atomic E-state index is 0.194. The molecule has 0 atom stereocenters. The Morgan fingerprint density at radius 2 is 2.00 bits per heavy atom. The Balaban J connectivity index is 2.24. The van der Waals surface area contributed by atoms with Gasteiger partial charge < -0.3 is 4.74 Å². The first kappa shape index (κ1) is 14.8. The molecule has 20 heavy (non-hydrogen) atoms. The third kappa shape index (κ3) is 3.95. The van der Waals surface area contributed by atoms with E-state index < -0.39 is 0 Å². The number of halogens is 1. The van der Waals surface area contributed by atoms with E-state index in [0.29, 0.717) is 10.2 Å². The van der Waals surface area contributed by atoms with E-state index in [9.17, 15) is 4.79 Å². The second kappa shape index (κ2) is 6.72. The van der Waals surface area contributed by atoms with Gasteiger partial charge in [0.2, 0.25) is 0 Å². The van der Waals surface area contributed by atoms with E-state index in [4.69, 9.17) is 11.6 Å². The molecule has 0 aliphatic heterocycles. The largest absolute Gasteiger partial charge is 0.468 e. The number of nitrogens with zero attached hydrogens (tertiary/aromatic N) is 2. The molecular formula is C14H13ClN2O2S. The third-order valence-electron chi connectivity index (χ3n) is 2.52. The second-order valence-electron chi connectivity index (χ2n) is 4.05. The van der Waals surface area contributed by atoms with Crippen LogP contribution in [0.3, 0.4) is 0 Å². The first-order valence-corrected chi connectivity index (χ1v) is 7.26. The van der Waals surface area contributed by atoms with Crippen LogP contribution >= 0.6 is 23.4 Å². The Hall–Kier alpha value is -1.59. The van der Waals surface area contributed by atoms with Gasteiger partial charge in [-0.3, -0.25) is 4.79 Å². The Morgan fingerprint density at radius 1 is 1.30 bits per heavy atom. The lowest BCUT2D eigenvalue weighted by Crippen LogP contribution is -2.04. The average molecular weight is 309 g/mol. The molecule has 0 N–H and O–H groups in total. The summed E-state index contributed by atoms with van der Waals surface area (Å²) in [6, 6.07) is 9.33. The highest BCUT2D eigenvalue weighted by molar-refractivity contribution is 7.99. The summed E-state index contributed by atoms with van der Waals surface area (Å²) in [5, 5.41) is 1.24. The normalized spacial score (nSPS) is 10.3. The number of hydrogen-bond acceptors (Lipinski definition) is 5. The Labute approximate surface area is 126 Å². The summed E-state index contributed by atoms with van der Waals surface area (Å²) in [5.74, 6) is -0.104. The van der Waals surface area contributed by atoms with Gasteiger partial charge in [0.1, 0.15) is 0 Å². The molecule has 4 nitrogen and oxygen atoms in total. The van der Waals surface area contributed by atoms with E-state index in [1.54, 1.807) is 0 Å². The van der Waals surface area contributed by atoms with Crippen LogP contribution in [-0.4, -0.2) is 28.8 Å². The van der Waals surface area contributed by atoms with Crippen LogP contribution in [0.25, 0.3) is 11.3 Å². The Bertz CT molecular complexity index is 617. The number of carbonyl (C=O) groups is 1. The summed E-state index contributed by atoms with van der Waals surface area (Å²) in [4.78, 5) is 19.9. The molecule has 1 heterocycles. The van der Waals surface area contributed by atoms with Crippen LogP contribution in [0, 0.1) is 6.92 Å². The molecule has 6 heteroatoms. The average Bonchev–Trinajstić information content (AvgIpc) is 2.45. The third-order valence-corrected chi connectivity index (χ3v) is 3.59. The fourth-order valence-electron chi connectivity index (χ4n) is 1.56. The lowest BCUT2D eigenvalue weighted by molar-refractivity contribution is -0.137. The topological polar surface area (TPSA) is 52.1 Å². The number of rotatable bonds is 4. The lowest BCUT2D eigenvalue weighted by Gasteiger charge is -2.05. The van der Waals surface area contributed by atoms with E-state index in [0.717, 1.165) is 17.0 Å². The number of benzene rings is 1. The van der Waals surface area contributed by atoms with E-state index >= 15 is 0 Å². The van der Waals surface area contributed by atoms with Gasteiger partial charge in [0.25, 0.3) is 0 Å². The van der Waals surface area contributed by atoms with Gasteiger partial charge in [0.05, 0.1) is 18.6 Å². The van der Waals surface area contributed by atoms with Crippen molar-refractivity contribution >= 4 is 29.3 Å². The number of hydrogen-bond donors (Lipinski definition) is 0. The van der Waals surface area contributed by atoms with E-state index in [1.807, 2.05) is 37.3 Å². The van der Waals surface area contributed by atoms with Crippen molar-refractivity contribution in [1.29, 1.82) is 0 Å². The summed E-state index contributed by atoms with van der Waals surface area (Å²) in [5.41, 5.74) is 2.61. The van der Waals surface area contributed by atoms with Gasteiger partial charge in [0.15, 0.2) is 5.16 Å². The maximum atomic E-state index is 11.1. The van der Waals surface area contributed by atoms with E-state index in [1.165, 1.54) is 18.9 Å². The van der Waals surface area contributed by atoms with Gasteiger partial charge in [-0.1, -0.05) is 35.5 Å². The smallest absolute Gasteiger partial charge is 0.316 e. The molecule has 1 aromatic heterocycles. The zero-order valence-electron chi connectivity index (χ0n) is 11.1. The Morgan fingerprint density at radius 3 is 2.65 bits per heavy atom. The summed E-state index contributed by atoms with van der Waals surface area (Å²) in [6.07, 6.45) is 0. The first-order valence-electron chi connectivity index (χ1n) is 5.89. The van der Waals surface area contributed by atoms with Crippen molar-refractivity contribution in [1.82, 2.24) is 9.97 Å². The summed E-state index contributed by atoms with van der Waals surface area (Å²) < 4.78 is 4.60. The monoisotopic (exact) mass is 308 g/mol. The molecule has 0 saturated carbocycles. The van der Waals surface area contributed by atoms with Crippen LogP contribution in [-0.2, 0) is 9.53 Å². The maximum absolute atomic E-state index is 11.1. The van der Waals surface area contributed by atoms with Gasteiger partial charge in [-0.15, -0.1) is 0 Å². The molecule has 0 bridgehead atoms. The highest BCUT2D eigenvalue weighted by atomic mass is 35.5. The molecule has 1 aromatic carbocycles. The fraction of sp³-hybridized carbons (Fsp3) is 0.214. The molecule has 0 amide bonds. The van der Waals surface area contributed by atoms with Crippen molar-refractivity contribution in [3.05, 3.63) is 41.0 Å². The fourth-order valence-corrected chi connectivity index (χ4v) is 2.42. The molecule has 104 valence electrons. The molecule has 0 aliphatic carbocycles. The van der Waals surface area contributed by atoms with Crippen LogP contribution in [0.15, 0.2) is 35.5 Å². The van der Waals surface area contributed by atoms with Crippen molar-refractivity contribution in [3.8, 4) is 11.3 Å². The van der Waals surface area contributed by atoms with Gasteiger partial charge >= 0.3 is 5.97 Å². The number of methoxy groups -OCH3 is 1. The molecule has 0 aliphatic rings.